The number of fused-ring (bicyclic) bond motifs is 1. The molecule has 0 bridgehead atoms. The van der Waals surface area contributed by atoms with Crippen molar-refractivity contribution < 1.29 is 4.39 Å². The van der Waals surface area contributed by atoms with Crippen LogP contribution in [0.15, 0.2) is 40.9 Å². The van der Waals surface area contributed by atoms with Crippen LogP contribution in [-0.2, 0) is 0 Å². The molecule has 0 aliphatic carbocycles. The molecule has 0 N–H and O–H groups in total. The molecule has 0 aliphatic rings. The third-order valence-electron chi connectivity index (χ3n) is 3.18. The highest BCUT2D eigenvalue weighted by Crippen LogP contribution is 2.33. The predicted octanol–water partition coefficient (Wildman–Crippen LogP) is 5.61. The maximum Gasteiger partial charge on any atom is 0.224 e. The summed E-state index contributed by atoms with van der Waals surface area (Å²) in [6.07, 6.45) is 0. The van der Waals surface area contributed by atoms with E-state index in [-0.39, 0.29) is 15.7 Å². The van der Waals surface area contributed by atoms with Crippen LogP contribution in [0.5, 0.6) is 0 Å². The van der Waals surface area contributed by atoms with Gasteiger partial charge in [-0.3, -0.25) is 0 Å². The average molecular weight is 401 g/mol. The number of aromatic nitrogens is 2. The van der Waals surface area contributed by atoms with Crippen LogP contribution in [0.4, 0.5) is 15.9 Å². The van der Waals surface area contributed by atoms with E-state index < -0.39 is 5.82 Å². The Balaban J connectivity index is 2.26. The van der Waals surface area contributed by atoms with Gasteiger partial charge in [0.2, 0.25) is 5.28 Å². The molecule has 1 heterocycles. The minimum absolute atomic E-state index is 0.0333. The number of benzene rings is 2. The quantitative estimate of drug-likeness (QED) is 0.523. The van der Waals surface area contributed by atoms with Gasteiger partial charge in [0.25, 0.3) is 0 Å². The Bertz CT molecular complexity index is 868. The smallest absolute Gasteiger partial charge is 0.224 e. The lowest BCUT2D eigenvalue weighted by molar-refractivity contribution is 0.639. The fraction of sp³-hybridized carbons (Fsp3) is 0.0667. The zero-order valence-corrected chi connectivity index (χ0v) is 14.4. The number of nitrogens with zero attached hydrogens (tertiary/aromatic N) is 3. The van der Waals surface area contributed by atoms with Crippen LogP contribution in [0, 0.1) is 5.82 Å². The Hall–Kier alpha value is -1.43. The van der Waals surface area contributed by atoms with Gasteiger partial charge in [0.1, 0.15) is 11.6 Å². The summed E-state index contributed by atoms with van der Waals surface area (Å²) >= 11 is 15.3. The van der Waals surface area contributed by atoms with Crippen molar-refractivity contribution >= 4 is 61.5 Å². The van der Waals surface area contributed by atoms with Gasteiger partial charge < -0.3 is 4.90 Å². The van der Waals surface area contributed by atoms with E-state index in [9.17, 15) is 4.39 Å². The van der Waals surface area contributed by atoms with Crippen molar-refractivity contribution in [1.82, 2.24) is 9.97 Å². The SMILES string of the molecule is CN(c1cccc(Br)c1)c1nc(Cl)nc2cc(Cl)cc(F)c12. The number of hydrogen-bond donors (Lipinski definition) is 0. The van der Waals surface area contributed by atoms with Gasteiger partial charge >= 0.3 is 0 Å². The zero-order chi connectivity index (χ0) is 15.9. The van der Waals surface area contributed by atoms with Crippen molar-refractivity contribution in [2.24, 2.45) is 0 Å². The van der Waals surface area contributed by atoms with Gasteiger partial charge in [0.05, 0.1) is 10.9 Å². The maximum atomic E-state index is 14.4. The largest absolute Gasteiger partial charge is 0.329 e. The van der Waals surface area contributed by atoms with Gasteiger partial charge in [-0.1, -0.05) is 33.6 Å². The summed E-state index contributed by atoms with van der Waals surface area (Å²) in [5.41, 5.74) is 1.20. The standard InChI is InChI=1S/C15H9BrCl2FN3/c1-22(10-4-2-3-8(16)5-10)14-13-11(19)6-9(17)7-12(13)20-15(18)21-14/h2-7H,1H3. The number of anilines is 2. The van der Waals surface area contributed by atoms with Crippen molar-refractivity contribution in [2.45, 2.75) is 0 Å². The molecule has 3 rings (SSSR count). The molecule has 0 saturated carbocycles. The Labute approximate surface area is 144 Å². The monoisotopic (exact) mass is 399 g/mol. The molecule has 3 aromatic rings. The van der Waals surface area contributed by atoms with E-state index in [0.717, 1.165) is 10.2 Å². The topological polar surface area (TPSA) is 29.0 Å². The third-order valence-corrected chi connectivity index (χ3v) is 4.06. The molecule has 0 aliphatic heterocycles. The third kappa shape index (κ3) is 2.89. The molecule has 0 fully saturated rings. The minimum atomic E-state index is -0.490. The zero-order valence-electron chi connectivity index (χ0n) is 11.3. The molecule has 7 heteroatoms. The molecular weight excluding hydrogens is 392 g/mol. The van der Waals surface area contributed by atoms with Crippen LogP contribution in [0.25, 0.3) is 10.9 Å². The second kappa shape index (κ2) is 5.99. The summed E-state index contributed by atoms with van der Waals surface area (Å²) < 4.78 is 15.3. The molecule has 0 spiro atoms. The van der Waals surface area contributed by atoms with E-state index in [0.29, 0.717) is 11.3 Å². The van der Waals surface area contributed by atoms with Gasteiger partial charge in [0, 0.05) is 22.2 Å². The fourth-order valence-corrected chi connectivity index (χ4v) is 2.94. The average Bonchev–Trinajstić information content (AvgIpc) is 2.44. The van der Waals surface area contributed by atoms with Gasteiger partial charge in [-0.25, -0.2) is 9.37 Å². The van der Waals surface area contributed by atoms with E-state index in [1.807, 2.05) is 24.3 Å². The van der Waals surface area contributed by atoms with Crippen LogP contribution in [0.1, 0.15) is 0 Å². The van der Waals surface area contributed by atoms with Crippen LogP contribution in [-0.4, -0.2) is 17.0 Å². The molecule has 3 nitrogen and oxygen atoms in total. The van der Waals surface area contributed by atoms with E-state index >= 15 is 0 Å². The lowest BCUT2D eigenvalue weighted by Crippen LogP contribution is -2.13. The summed E-state index contributed by atoms with van der Waals surface area (Å²) in [6.45, 7) is 0. The predicted molar refractivity (Wildman–Crippen MR) is 91.7 cm³/mol. The first-order valence-electron chi connectivity index (χ1n) is 6.27. The van der Waals surface area contributed by atoms with Crippen LogP contribution < -0.4 is 4.90 Å². The molecule has 0 saturated heterocycles. The van der Waals surface area contributed by atoms with Gasteiger partial charge in [-0.2, -0.15) is 4.98 Å². The van der Waals surface area contributed by atoms with Crippen LogP contribution in [0.3, 0.4) is 0 Å². The first kappa shape index (κ1) is 15.5. The van der Waals surface area contributed by atoms with E-state index in [2.05, 4.69) is 25.9 Å². The van der Waals surface area contributed by atoms with Gasteiger partial charge in [0.15, 0.2) is 0 Å². The van der Waals surface area contributed by atoms with Crippen molar-refractivity contribution in [2.75, 3.05) is 11.9 Å². The summed E-state index contributed by atoms with van der Waals surface area (Å²) in [4.78, 5) is 9.97. The first-order chi connectivity index (χ1) is 10.5. The van der Waals surface area contributed by atoms with Crippen LogP contribution in [0.2, 0.25) is 10.3 Å². The molecule has 2 aromatic carbocycles. The van der Waals surface area contributed by atoms with Crippen LogP contribution >= 0.6 is 39.1 Å². The Morgan fingerprint density at radius 1 is 1.14 bits per heavy atom. The molecule has 0 unspecified atom stereocenters. The summed E-state index contributed by atoms with van der Waals surface area (Å²) in [7, 11) is 1.79. The molecule has 0 amide bonds. The minimum Gasteiger partial charge on any atom is -0.329 e. The number of halogens is 4. The lowest BCUT2D eigenvalue weighted by atomic mass is 10.2. The molecule has 0 atom stereocenters. The lowest BCUT2D eigenvalue weighted by Gasteiger charge is -2.20. The highest BCUT2D eigenvalue weighted by molar-refractivity contribution is 9.10. The Kier molecular flexibility index (Phi) is 4.21. The van der Waals surface area contributed by atoms with Gasteiger partial charge in [-0.15, -0.1) is 0 Å². The van der Waals surface area contributed by atoms with E-state index in [4.69, 9.17) is 23.2 Å². The highest BCUT2D eigenvalue weighted by atomic mass is 79.9. The second-order valence-corrected chi connectivity index (χ2v) is 6.33. The molecule has 1 aromatic heterocycles. The Morgan fingerprint density at radius 2 is 1.91 bits per heavy atom. The Morgan fingerprint density at radius 3 is 2.64 bits per heavy atom. The summed E-state index contributed by atoms with van der Waals surface area (Å²) in [5.74, 6) is -0.113. The summed E-state index contributed by atoms with van der Waals surface area (Å²) in [6, 6.07) is 10.4. The van der Waals surface area contributed by atoms with Crippen molar-refractivity contribution in [3.63, 3.8) is 0 Å². The highest BCUT2D eigenvalue weighted by Gasteiger charge is 2.17. The summed E-state index contributed by atoms with van der Waals surface area (Å²) in [5, 5.41) is 0.568. The first-order valence-corrected chi connectivity index (χ1v) is 7.82. The van der Waals surface area contributed by atoms with Crippen molar-refractivity contribution in [3.8, 4) is 0 Å². The molecule has 112 valence electrons. The fourth-order valence-electron chi connectivity index (χ4n) is 2.19. The molecule has 0 radical (unpaired) electrons. The second-order valence-electron chi connectivity index (χ2n) is 4.64. The van der Waals surface area contributed by atoms with Crippen molar-refractivity contribution in [3.05, 3.63) is 57.0 Å². The number of rotatable bonds is 2. The number of hydrogen-bond acceptors (Lipinski definition) is 3. The van der Waals surface area contributed by atoms with Crippen molar-refractivity contribution in [1.29, 1.82) is 0 Å². The normalized spacial score (nSPS) is 11.0. The van der Waals surface area contributed by atoms with Gasteiger partial charge in [-0.05, 0) is 41.9 Å². The molecule has 22 heavy (non-hydrogen) atoms. The van der Waals surface area contributed by atoms with E-state index in [1.54, 1.807) is 18.0 Å². The maximum absolute atomic E-state index is 14.4. The molecular formula is C15H9BrCl2FN3. The van der Waals surface area contributed by atoms with E-state index in [1.165, 1.54) is 6.07 Å².